The van der Waals surface area contributed by atoms with E-state index in [1.54, 1.807) is 37.2 Å². The lowest BCUT2D eigenvalue weighted by atomic mass is 9.88. The summed E-state index contributed by atoms with van der Waals surface area (Å²) < 4.78 is 0. The molecule has 6 heterocycles. The van der Waals surface area contributed by atoms with Gasteiger partial charge in [-0.2, -0.15) is 5.10 Å². The number of hydrogen-bond donors (Lipinski definition) is 3. The number of hydrogen-bond acceptors (Lipinski definition) is 7. The van der Waals surface area contributed by atoms with Crippen LogP contribution in [0.2, 0.25) is 0 Å². The van der Waals surface area contributed by atoms with Crippen LogP contribution in [0.4, 0.5) is 5.69 Å². The van der Waals surface area contributed by atoms with E-state index in [4.69, 9.17) is 9.97 Å². The first kappa shape index (κ1) is 23.2. The molecule has 10 nitrogen and oxygen atoms in total. The smallest absolute Gasteiger partial charge is 0.227 e. The highest BCUT2D eigenvalue weighted by molar-refractivity contribution is 5.96. The van der Waals surface area contributed by atoms with Gasteiger partial charge < -0.3 is 10.3 Å². The Morgan fingerprint density at radius 1 is 0.821 bits per heavy atom. The van der Waals surface area contributed by atoms with Gasteiger partial charge in [0.15, 0.2) is 11.5 Å². The molecule has 0 bridgehead atoms. The molecular weight excluding hydrogens is 490 g/mol. The van der Waals surface area contributed by atoms with Gasteiger partial charge in [-0.3, -0.25) is 24.8 Å². The number of aromatic amines is 2. The van der Waals surface area contributed by atoms with E-state index in [0.29, 0.717) is 22.7 Å². The fourth-order valence-electron chi connectivity index (χ4n) is 5.27. The predicted molar refractivity (Wildman–Crippen MR) is 148 cm³/mol. The largest absolute Gasteiger partial charge is 0.335 e. The summed E-state index contributed by atoms with van der Waals surface area (Å²) >= 11 is 0. The average molecular weight is 516 g/mol. The summed E-state index contributed by atoms with van der Waals surface area (Å²) in [7, 11) is 0. The second-order valence-corrected chi connectivity index (χ2v) is 9.86. The number of imidazole rings is 1. The van der Waals surface area contributed by atoms with Crippen LogP contribution in [-0.4, -0.2) is 46.0 Å². The van der Waals surface area contributed by atoms with Crippen molar-refractivity contribution in [3.8, 4) is 33.9 Å². The summed E-state index contributed by atoms with van der Waals surface area (Å²) in [6.07, 6.45) is 15.8. The van der Waals surface area contributed by atoms with Gasteiger partial charge in [-0.1, -0.05) is 19.3 Å². The first-order valence-electron chi connectivity index (χ1n) is 13.1. The first-order valence-corrected chi connectivity index (χ1v) is 13.1. The second kappa shape index (κ2) is 9.71. The number of pyridine rings is 4. The topological polar surface area (TPSA) is 138 Å². The maximum absolute atomic E-state index is 12.8. The van der Waals surface area contributed by atoms with Crippen LogP contribution in [0.15, 0.2) is 67.5 Å². The number of carbonyl (C=O) groups excluding carboxylic acids is 1. The molecule has 0 radical (unpaired) electrons. The minimum atomic E-state index is 0.0692. The van der Waals surface area contributed by atoms with Crippen molar-refractivity contribution >= 4 is 33.7 Å². The van der Waals surface area contributed by atoms with Gasteiger partial charge in [-0.25, -0.2) is 9.97 Å². The molecule has 6 aromatic heterocycles. The predicted octanol–water partition coefficient (Wildman–Crippen LogP) is 5.54. The van der Waals surface area contributed by atoms with Crippen molar-refractivity contribution < 1.29 is 4.79 Å². The molecule has 7 rings (SSSR count). The molecule has 0 unspecified atom stereocenters. The summed E-state index contributed by atoms with van der Waals surface area (Å²) in [5.74, 6) is 0.735. The fourth-order valence-corrected chi connectivity index (χ4v) is 5.27. The quantitative estimate of drug-likeness (QED) is 0.274. The standard InChI is InChI=1S/C29H25N9O/c39-29(18-4-2-1-3-5-18)33-20-12-19(13-31-14-20)22-6-7-23-26(34-22)27(38-37-23)28-35-24-16-32-15-21(25(24)36-28)17-8-10-30-11-9-17/h6-16,18H,1-5H2,(H,33,39)(H,35,36)(H,37,38). The van der Waals surface area contributed by atoms with Crippen molar-refractivity contribution in [1.82, 2.24) is 40.1 Å². The highest BCUT2D eigenvalue weighted by Gasteiger charge is 2.21. The van der Waals surface area contributed by atoms with Crippen LogP contribution in [0, 0.1) is 5.92 Å². The molecule has 0 aliphatic heterocycles. The Hall–Kier alpha value is -4.99. The van der Waals surface area contributed by atoms with Crippen LogP contribution in [0.1, 0.15) is 32.1 Å². The molecule has 1 fully saturated rings. The lowest BCUT2D eigenvalue weighted by Gasteiger charge is -2.20. The minimum Gasteiger partial charge on any atom is -0.335 e. The fraction of sp³-hybridized carbons (Fsp3) is 0.207. The maximum atomic E-state index is 12.8. The summed E-state index contributed by atoms with van der Waals surface area (Å²) in [5.41, 5.74) is 7.77. The number of rotatable bonds is 5. The van der Waals surface area contributed by atoms with Gasteiger partial charge in [-0.05, 0) is 48.7 Å². The van der Waals surface area contributed by atoms with E-state index in [1.807, 2.05) is 30.3 Å². The summed E-state index contributed by atoms with van der Waals surface area (Å²) in [6, 6.07) is 9.63. The summed E-state index contributed by atoms with van der Waals surface area (Å²) in [5, 5.41) is 10.6. The molecule has 0 spiro atoms. The van der Waals surface area contributed by atoms with Gasteiger partial charge in [0.25, 0.3) is 0 Å². The van der Waals surface area contributed by atoms with Crippen molar-refractivity contribution in [3.63, 3.8) is 0 Å². The molecule has 192 valence electrons. The Morgan fingerprint density at radius 2 is 1.67 bits per heavy atom. The van der Waals surface area contributed by atoms with Crippen LogP contribution in [0.3, 0.4) is 0 Å². The highest BCUT2D eigenvalue weighted by atomic mass is 16.1. The monoisotopic (exact) mass is 515 g/mol. The molecule has 1 saturated carbocycles. The van der Waals surface area contributed by atoms with Crippen LogP contribution < -0.4 is 5.32 Å². The summed E-state index contributed by atoms with van der Waals surface area (Å²) in [6.45, 7) is 0. The average Bonchev–Trinajstić information content (AvgIpc) is 3.62. The molecule has 0 atom stereocenters. The van der Waals surface area contributed by atoms with Gasteiger partial charge in [0.1, 0.15) is 5.52 Å². The Labute approximate surface area is 223 Å². The van der Waals surface area contributed by atoms with Crippen molar-refractivity contribution in [2.75, 3.05) is 5.32 Å². The van der Waals surface area contributed by atoms with E-state index in [0.717, 1.165) is 64.6 Å². The number of H-pyrrole nitrogens is 2. The molecule has 0 aromatic carbocycles. The van der Waals surface area contributed by atoms with E-state index in [9.17, 15) is 4.79 Å². The van der Waals surface area contributed by atoms with Crippen LogP contribution in [-0.2, 0) is 4.79 Å². The van der Waals surface area contributed by atoms with E-state index >= 15 is 0 Å². The molecule has 1 aliphatic rings. The number of carbonyl (C=O) groups is 1. The Morgan fingerprint density at radius 3 is 2.54 bits per heavy atom. The van der Waals surface area contributed by atoms with Crippen LogP contribution in [0.25, 0.3) is 56.0 Å². The van der Waals surface area contributed by atoms with Crippen molar-refractivity contribution in [1.29, 1.82) is 0 Å². The third-order valence-corrected chi connectivity index (χ3v) is 7.30. The van der Waals surface area contributed by atoms with Crippen LogP contribution >= 0.6 is 0 Å². The number of fused-ring (bicyclic) bond motifs is 2. The molecule has 0 saturated heterocycles. The lowest BCUT2D eigenvalue weighted by Crippen LogP contribution is -2.24. The van der Waals surface area contributed by atoms with Gasteiger partial charge in [0.05, 0.1) is 40.3 Å². The molecule has 39 heavy (non-hydrogen) atoms. The van der Waals surface area contributed by atoms with Crippen molar-refractivity contribution in [2.45, 2.75) is 32.1 Å². The molecule has 10 heteroatoms. The van der Waals surface area contributed by atoms with Gasteiger partial charge in [0, 0.05) is 41.8 Å². The van der Waals surface area contributed by atoms with Gasteiger partial charge in [0.2, 0.25) is 5.91 Å². The zero-order chi connectivity index (χ0) is 26.2. The molecule has 3 N–H and O–H groups in total. The Kier molecular flexibility index (Phi) is 5.77. The van der Waals surface area contributed by atoms with Crippen molar-refractivity contribution in [3.05, 3.63) is 67.5 Å². The number of aromatic nitrogens is 8. The molecule has 1 amide bonds. The summed E-state index contributed by atoms with van der Waals surface area (Å²) in [4.78, 5) is 38.8. The maximum Gasteiger partial charge on any atom is 0.227 e. The molecular formula is C29H25N9O. The van der Waals surface area contributed by atoms with Gasteiger partial charge in [-0.15, -0.1) is 0 Å². The highest BCUT2D eigenvalue weighted by Crippen LogP contribution is 2.31. The normalized spacial score (nSPS) is 14.2. The third-order valence-electron chi connectivity index (χ3n) is 7.30. The number of nitrogens with one attached hydrogen (secondary N) is 3. The Balaban J connectivity index is 1.23. The number of nitrogens with zero attached hydrogens (tertiary/aromatic N) is 6. The zero-order valence-corrected chi connectivity index (χ0v) is 21.1. The SMILES string of the molecule is O=C(Nc1cncc(-c2ccc3[nH]nc(-c4nc5c(-c6ccncc6)cncc5[nH]4)c3n2)c1)C1CCCCC1. The first-order chi connectivity index (χ1) is 19.2. The van der Waals surface area contributed by atoms with Crippen molar-refractivity contribution in [2.24, 2.45) is 5.92 Å². The van der Waals surface area contributed by atoms with E-state index < -0.39 is 0 Å². The number of anilines is 1. The zero-order valence-electron chi connectivity index (χ0n) is 21.1. The number of amides is 1. The second-order valence-electron chi connectivity index (χ2n) is 9.86. The lowest BCUT2D eigenvalue weighted by molar-refractivity contribution is -0.120. The van der Waals surface area contributed by atoms with Gasteiger partial charge >= 0.3 is 0 Å². The Bertz CT molecular complexity index is 1800. The van der Waals surface area contributed by atoms with E-state index in [-0.39, 0.29) is 11.8 Å². The van der Waals surface area contributed by atoms with Crippen LogP contribution in [0.5, 0.6) is 0 Å². The minimum absolute atomic E-state index is 0.0692. The molecule has 6 aromatic rings. The third kappa shape index (κ3) is 4.39. The van der Waals surface area contributed by atoms with E-state index in [1.165, 1.54) is 6.42 Å². The molecule has 1 aliphatic carbocycles. The van der Waals surface area contributed by atoms with E-state index in [2.05, 4.69) is 35.5 Å².